The third-order valence-electron chi connectivity index (χ3n) is 3.78. The highest BCUT2D eigenvalue weighted by Gasteiger charge is 2.35. The molecule has 0 unspecified atom stereocenters. The van der Waals surface area contributed by atoms with Crippen LogP contribution in [0.25, 0.3) is 0 Å². The molecule has 0 bridgehead atoms. The lowest BCUT2D eigenvalue weighted by Crippen LogP contribution is -2.37. The van der Waals surface area contributed by atoms with Crippen LogP contribution in [0.1, 0.15) is 33.8 Å². The maximum absolute atomic E-state index is 13.0. The monoisotopic (exact) mass is 320 g/mol. The second kappa shape index (κ2) is 4.95. The lowest BCUT2D eigenvalue weighted by atomic mass is 10.0. The van der Waals surface area contributed by atoms with E-state index in [2.05, 4.69) is 5.16 Å². The lowest BCUT2D eigenvalue weighted by Gasteiger charge is -2.29. The van der Waals surface area contributed by atoms with Gasteiger partial charge in [0.05, 0.1) is 5.69 Å². The summed E-state index contributed by atoms with van der Waals surface area (Å²) in [6.45, 7) is 5.16. The first-order chi connectivity index (χ1) is 10.3. The zero-order valence-corrected chi connectivity index (χ0v) is 13.4. The van der Waals surface area contributed by atoms with Gasteiger partial charge in [-0.3, -0.25) is 9.10 Å². The predicted molar refractivity (Wildman–Crippen MR) is 80.6 cm³/mol. The van der Waals surface area contributed by atoms with Crippen LogP contribution in [0.4, 0.5) is 5.69 Å². The predicted octanol–water partition coefficient (Wildman–Crippen LogP) is 2.38. The molecule has 0 saturated carbocycles. The Morgan fingerprint density at radius 3 is 2.59 bits per heavy atom. The number of Topliss-reactive ketones (excluding diaryl/α,β-unsaturated/α-hetero) is 1. The number of hydrogen-bond acceptors (Lipinski definition) is 5. The molecule has 1 aliphatic rings. The Morgan fingerprint density at radius 2 is 1.95 bits per heavy atom. The number of carbonyl (C=O) groups excluding carboxylic acids is 1. The zero-order chi connectivity index (χ0) is 16.1. The molecule has 22 heavy (non-hydrogen) atoms. The Morgan fingerprint density at radius 1 is 1.23 bits per heavy atom. The van der Waals surface area contributed by atoms with E-state index in [-0.39, 0.29) is 29.4 Å². The number of aromatic nitrogens is 1. The minimum atomic E-state index is -3.80. The number of ketones is 1. The number of sulfonamides is 1. The highest BCUT2D eigenvalue weighted by atomic mass is 32.2. The molecule has 3 rings (SSSR count). The van der Waals surface area contributed by atoms with E-state index in [1.807, 2.05) is 6.92 Å². The topological polar surface area (TPSA) is 80.5 Å². The molecule has 0 N–H and O–H groups in total. The Kier molecular flexibility index (Phi) is 3.32. The van der Waals surface area contributed by atoms with Crippen LogP contribution in [0.3, 0.4) is 0 Å². The fourth-order valence-corrected chi connectivity index (χ4v) is 4.53. The van der Waals surface area contributed by atoms with Crippen LogP contribution in [0.5, 0.6) is 0 Å². The van der Waals surface area contributed by atoms with E-state index in [4.69, 9.17) is 4.52 Å². The highest BCUT2D eigenvalue weighted by molar-refractivity contribution is 7.93. The molecule has 1 aromatic heterocycles. The SMILES string of the molecule is Cc1ccc2c(c1)C(=O)CCN2S(=O)(=O)c1c(C)noc1C. The number of anilines is 1. The van der Waals surface area contributed by atoms with Crippen molar-refractivity contribution in [3.63, 3.8) is 0 Å². The summed E-state index contributed by atoms with van der Waals surface area (Å²) >= 11 is 0. The third kappa shape index (κ3) is 2.12. The normalized spacial score (nSPS) is 15.0. The summed E-state index contributed by atoms with van der Waals surface area (Å²) in [5.41, 5.74) is 2.11. The maximum Gasteiger partial charge on any atom is 0.269 e. The van der Waals surface area contributed by atoms with Crippen LogP contribution in [-0.4, -0.2) is 25.9 Å². The zero-order valence-electron chi connectivity index (χ0n) is 12.6. The number of carbonyl (C=O) groups is 1. The van der Waals surface area contributed by atoms with Crippen LogP contribution >= 0.6 is 0 Å². The molecule has 0 fully saturated rings. The number of benzene rings is 1. The van der Waals surface area contributed by atoms with Crippen LogP contribution in [0, 0.1) is 20.8 Å². The van der Waals surface area contributed by atoms with Gasteiger partial charge in [-0.05, 0) is 32.9 Å². The third-order valence-corrected chi connectivity index (χ3v) is 5.84. The van der Waals surface area contributed by atoms with Gasteiger partial charge in [0.2, 0.25) is 0 Å². The van der Waals surface area contributed by atoms with Crippen molar-refractivity contribution < 1.29 is 17.7 Å². The average molecular weight is 320 g/mol. The van der Waals surface area contributed by atoms with Crippen molar-refractivity contribution in [2.45, 2.75) is 32.1 Å². The van der Waals surface area contributed by atoms with Gasteiger partial charge in [0.15, 0.2) is 16.4 Å². The van der Waals surface area contributed by atoms with Crippen molar-refractivity contribution in [1.29, 1.82) is 0 Å². The molecule has 0 spiro atoms. The molecule has 6 nitrogen and oxygen atoms in total. The first-order valence-electron chi connectivity index (χ1n) is 6.92. The lowest BCUT2D eigenvalue weighted by molar-refractivity contribution is 0.0982. The molecule has 0 atom stereocenters. The molecule has 1 aliphatic heterocycles. The Hall–Kier alpha value is -2.15. The van der Waals surface area contributed by atoms with E-state index in [0.29, 0.717) is 16.9 Å². The van der Waals surface area contributed by atoms with Crippen molar-refractivity contribution in [1.82, 2.24) is 5.16 Å². The number of nitrogens with zero attached hydrogens (tertiary/aromatic N) is 2. The van der Waals surface area contributed by atoms with Crippen LogP contribution < -0.4 is 4.31 Å². The van der Waals surface area contributed by atoms with Crippen molar-refractivity contribution in [2.24, 2.45) is 0 Å². The minimum Gasteiger partial charge on any atom is -0.360 e. The van der Waals surface area contributed by atoms with Crippen LogP contribution in [0.2, 0.25) is 0 Å². The standard InChI is InChI=1S/C15H16N2O4S/c1-9-4-5-13-12(8-9)14(18)6-7-17(13)22(19,20)15-10(2)16-21-11(15)3/h4-5,8H,6-7H2,1-3H3. The smallest absolute Gasteiger partial charge is 0.269 e. The summed E-state index contributed by atoms with van der Waals surface area (Å²) < 4.78 is 32.2. The summed E-state index contributed by atoms with van der Waals surface area (Å²) in [6.07, 6.45) is 0.166. The van der Waals surface area contributed by atoms with E-state index < -0.39 is 10.0 Å². The Labute approximate surface area is 128 Å². The van der Waals surface area contributed by atoms with Crippen molar-refractivity contribution in [3.8, 4) is 0 Å². The van der Waals surface area contributed by atoms with Gasteiger partial charge in [0, 0.05) is 18.5 Å². The first kappa shape index (κ1) is 14.8. The van der Waals surface area contributed by atoms with Gasteiger partial charge in [-0.25, -0.2) is 8.42 Å². The van der Waals surface area contributed by atoms with Crippen molar-refractivity contribution in [2.75, 3.05) is 10.8 Å². The van der Waals surface area contributed by atoms with E-state index >= 15 is 0 Å². The van der Waals surface area contributed by atoms with E-state index in [1.54, 1.807) is 32.0 Å². The highest BCUT2D eigenvalue weighted by Crippen LogP contribution is 2.34. The summed E-state index contributed by atoms with van der Waals surface area (Å²) in [6, 6.07) is 5.21. The molecule has 7 heteroatoms. The van der Waals surface area contributed by atoms with Gasteiger partial charge < -0.3 is 4.52 Å². The summed E-state index contributed by atoms with van der Waals surface area (Å²) in [5, 5.41) is 3.71. The van der Waals surface area contributed by atoms with E-state index in [1.165, 1.54) is 4.31 Å². The molecule has 0 radical (unpaired) electrons. The first-order valence-corrected chi connectivity index (χ1v) is 8.36. The molecule has 2 aromatic rings. The van der Waals surface area contributed by atoms with E-state index in [0.717, 1.165) is 5.56 Å². The molecule has 116 valence electrons. The van der Waals surface area contributed by atoms with Gasteiger partial charge in [-0.15, -0.1) is 0 Å². The summed E-state index contributed by atoms with van der Waals surface area (Å²) in [4.78, 5) is 12.2. The van der Waals surface area contributed by atoms with Gasteiger partial charge in [0.25, 0.3) is 10.0 Å². The van der Waals surface area contributed by atoms with Crippen LogP contribution in [-0.2, 0) is 10.0 Å². The van der Waals surface area contributed by atoms with Crippen LogP contribution in [0.15, 0.2) is 27.6 Å². The summed E-state index contributed by atoms with van der Waals surface area (Å²) in [7, 11) is -3.80. The van der Waals surface area contributed by atoms with E-state index in [9.17, 15) is 13.2 Å². The molecule has 2 heterocycles. The Bertz CT molecular complexity index is 848. The molecule has 0 amide bonds. The average Bonchev–Trinajstić information content (AvgIpc) is 2.79. The number of hydrogen-bond donors (Lipinski definition) is 0. The van der Waals surface area contributed by atoms with Gasteiger partial charge in [0.1, 0.15) is 5.69 Å². The second-order valence-electron chi connectivity index (χ2n) is 5.42. The Balaban J connectivity index is 2.18. The molecule has 0 saturated heterocycles. The summed E-state index contributed by atoms with van der Waals surface area (Å²) in [5.74, 6) is 0.215. The fourth-order valence-electron chi connectivity index (χ4n) is 2.75. The number of fused-ring (bicyclic) bond motifs is 1. The van der Waals surface area contributed by atoms with Crippen molar-refractivity contribution in [3.05, 3.63) is 40.8 Å². The van der Waals surface area contributed by atoms with Gasteiger partial charge >= 0.3 is 0 Å². The molecular formula is C15H16N2O4S. The van der Waals surface area contributed by atoms with Gasteiger partial charge in [-0.1, -0.05) is 16.8 Å². The number of aryl methyl sites for hydroxylation is 3. The minimum absolute atomic E-state index is 0.0380. The second-order valence-corrected chi connectivity index (χ2v) is 7.22. The quantitative estimate of drug-likeness (QED) is 0.848. The van der Waals surface area contributed by atoms with Gasteiger partial charge in [-0.2, -0.15) is 0 Å². The maximum atomic E-state index is 13.0. The largest absolute Gasteiger partial charge is 0.360 e. The van der Waals surface area contributed by atoms with Crippen molar-refractivity contribution >= 4 is 21.5 Å². The number of rotatable bonds is 2. The molecule has 1 aromatic carbocycles. The molecular weight excluding hydrogens is 304 g/mol. The fraction of sp³-hybridized carbons (Fsp3) is 0.333. The molecule has 0 aliphatic carbocycles.